The van der Waals surface area contributed by atoms with Gasteiger partial charge in [-0.1, -0.05) is 18.2 Å². The van der Waals surface area contributed by atoms with Gasteiger partial charge in [-0.15, -0.1) is 5.10 Å². The number of halogens is 1. The van der Waals surface area contributed by atoms with Crippen LogP contribution in [-0.2, 0) is 6.54 Å². The molecule has 0 radical (unpaired) electrons. The molecule has 1 aromatic carbocycles. The lowest BCUT2D eigenvalue weighted by Gasteiger charge is -2.06. The minimum Gasteiger partial charge on any atom is -0.478 e. The van der Waals surface area contributed by atoms with Gasteiger partial charge in [0.15, 0.2) is 0 Å². The summed E-state index contributed by atoms with van der Waals surface area (Å²) in [6.45, 7) is 2.81. The minimum absolute atomic E-state index is 0.233. The van der Waals surface area contributed by atoms with E-state index in [1.807, 2.05) is 6.07 Å². The maximum Gasteiger partial charge on any atom is 0.336 e. The summed E-state index contributed by atoms with van der Waals surface area (Å²) in [5, 5.41) is 16.9. The van der Waals surface area contributed by atoms with Gasteiger partial charge in [0.25, 0.3) is 0 Å². The van der Waals surface area contributed by atoms with Crippen molar-refractivity contribution in [3.63, 3.8) is 0 Å². The van der Waals surface area contributed by atoms with Crippen LogP contribution in [0.15, 0.2) is 28.9 Å². The number of carboxylic acids is 1. The molecule has 0 saturated carbocycles. The Hall–Kier alpha value is -1.69. The molecule has 18 heavy (non-hydrogen) atoms. The van der Waals surface area contributed by atoms with Gasteiger partial charge in [-0.2, -0.15) is 0 Å². The molecular formula is C12H12BrN3O2. The molecule has 1 aromatic heterocycles. The fourth-order valence-corrected chi connectivity index (χ4v) is 2.12. The number of aryl methyl sites for hydroxylation is 1. The zero-order chi connectivity index (χ0) is 13.1. The van der Waals surface area contributed by atoms with Crippen LogP contribution >= 0.6 is 15.9 Å². The summed E-state index contributed by atoms with van der Waals surface area (Å²) in [7, 11) is 0. The van der Waals surface area contributed by atoms with Gasteiger partial charge in [0, 0.05) is 16.6 Å². The lowest BCUT2D eigenvalue weighted by Crippen LogP contribution is -2.03. The Kier molecular flexibility index (Phi) is 3.76. The first kappa shape index (κ1) is 12.8. The zero-order valence-corrected chi connectivity index (χ0v) is 11.4. The van der Waals surface area contributed by atoms with Gasteiger partial charge in [0.05, 0.1) is 17.5 Å². The van der Waals surface area contributed by atoms with Crippen molar-refractivity contribution in [3.05, 3.63) is 34.4 Å². The number of hydrogen-bond acceptors (Lipinski definition) is 3. The SMILES string of the molecule is CCCn1nncc1-c1ccc(Br)c(C(=O)O)c1. The second-order valence-electron chi connectivity index (χ2n) is 3.84. The largest absolute Gasteiger partial charge is 0.478 e. The summed E-state index contributed by atoms with van der Waals surface area (Å²) in [4.78, 5) is 11.1. The van der Waals surface area contributed by atoms with E-state index in [0.717, 1.165) is 24.2 Å². The monoisotopic (exact) mass is 309 g/mol. The molecule has 0 atom stereocenters. The van der Waals surface area contributed by atoms with Crippen LogP contribution in [0.2, 0.25) is 0 Å². The van der Waals surface area contributed by atoms with Crippen LogP contribution in [0.4, 0.5) is 0 Å². The van der Waals surface area contributed by atoms with Crippen LogP contribution < -0.4 is 0 Å². The molecule has 0 bridgehead atoms. The topological polar surface area (TPSA) is 68.0 Å². The maximum atomic E-state index is 11.1. The highest BCUT2D eigenvalue weighted by atomic mass is 79.9. The summed E-state index contributed by atoms with van der Waals surface area (Å²) in [6, 6.07) is 5.20. The number of benzene rings is 1. The molecule has 1 N–H and O–H groups in total. The third-order valence-electron chi connectivity index (χ3n) is 2.55. The quantitative estimate of drug-likeness (QED) is 0.943. The van der Waals surface area contributed by atoms with Crippen LogP contribution in [0.1, 0.15) is 23.7 Å². The van der Waals surface area contributed by atoms with Crippen LogP contribution in [0, 0.1) is 0 Å². The molecule has 5 nitrogen and oxygen atoms in total. The van der Waals surface area contributed by atoms with Crippen molar-refractivity contribution >= 4 is 21.9 Å². The Morgan fingerprint density at radius 1 is 1.50 bits per heavy atom. The van der Waals surface area contributed by atoms with Gasteiger partial charge in [-0.05, 0) is 34.5 Å². The molecule has 0 fully saturated rings. The average Bonchev–Trinajstić information content (AvgIpc) is 2.78. The summed E-state index contributed by atoms with van der Waals surface area (Å²) < 4.78 is 2.34. The molecule has 2 rings (SSSR count). The molecule has 6 heteroatoms. The van der Waals surface area contributed by atoms with Crippen molar-refractivity contribution in [1.82, 2.24) is 15.0 Å². The lowest BCUT2D eigenvalue weighted by molar-refractivity contribution is 0.0696. The summed E-state index contributed by atoms with van der Waals surface area (Å²) in [5.74, 6) is -0.960. The van der Waals surface area contributed by atoms with Crippen LogP contribution in [-0.4, -0.2) is 26.1 Å². The Labute approximate surface area is 113 Å². The van der Waals surface area contributed by atoms with E-state index in [2.05, 4.69) is 33.2 Å². The molecule has 94 valence electrons. The Bertz CT molecular complexity index is 580. The van der Waals surface area contributed by atoms with E-state index < -0.39 is 5.97 Å². The van der Waals surface area contributed by atoms with E-state index in [1.165, 1.54) is 0 Å². The van der Waals surface area contributed by atoms with Crippen LogP contribution in [0.5, 0.6) is 0 Å². The standard InChI is InChI=1S/C12H12BrN3O2/c1-2-5-16-11(7-14-15-16)8-3-4-10(13)9(6-8)12(17)18/h3-4,6-7H,2,5H2,1H3,(H,17,18). The smallest absolute Gasteiger partial charge is 0.336 e. The number of hydrogen-bond donors (Lipinski definition) is 1. The van der Waals surface area contributed by atoms with E-state index in [9.17, 15) is 4.79 Å². The first-order chi connectivity index (χ1) is 8.63. The number of aromatic nitrogens is 3. The fraction of sp³-hybridized carbons (Fsp3) is 0.250. The number of carbonyl (C=O) groups is 1. The summed E-state index contributed by atoms with van der Waals surface area (Å²) >= 11 is 3.22. The summed E-state index contributed by atoms with van der Waals surface area (Å²) in [5.41, 5.74) is 1.86. The predicted octanol–water partition coefficient (Wildman–Crippen LogP) is 2.82. The molecule has 0 amide bonds. The third kappa shape index (κ3) is 2.43. The van der Waals surface area contributed by atoms with Gasteiger partial charge in [-0.25, -0.2) is 9.48 Å². The maximum absolute atomic E-state index is 11.1. The molecule has 0 aliphatic heterocycles. The molecule has 2 aromatic rings. The van der Waals surface area contributed by atoms with Crippen molar-refractivity contribution in [1.29, 1.82) is 0 Å². The summed E-state index contributed by atoms with van der Waals surface area (Å²) in [6.07, 6.45) is 2.59. The highest BCUT2D eigenvalue weighted by Crippen LogP contribution is 2.25. The van der Waals surface area contributed by atoms with Crippen molar-refractivity contribution in [2.24, 2.45) is 0 Å². The van der Waals surface area contributed by atoms with E-state index in [1.54, 1.807) is 23.0 Å². The number of nitrogens with zero attached hydrogens (tertiary/aromatic N) is 3. The molecule has 0 unspecified atom stereocenters. The first-order valence-corrected chi connectivity index (χ1v) is 6.34. The second kappa shape index (κ2) is 5.30. The van der Waals surface area contributed by atoms with Crippen molar-refractivity contribution < 1.29 is 9.90 Å². The molecule has 1 heterocycles. The predicted molar refractivity (Wildman–Crippen MR) is 70.4 cm³/mol. The number of carboxylic acid groups (broad SMARTS) is 1. The van der Waals surface area contributed by atoms with E-state index in [4.69, 9.17) is 5.11 Å². The Balaban J connectivity index is 2.47. The average molecular weight is 310 g/mol. The number of rotatable bonds is 4. The first-order valence-electron chi connectivity index (χ1n) is 5.55. The molecular weight excluding hydrogens is 298 g/mol. The highest BCUT2D eigenvalue weighted by molar-refractivity contribution is 9.10. The number of aromatic carboxylic acids is 1. The Morgan fingerprint density at radius 2 is 2.28 bits per heavy atom. The second-order valence-corrected chi connectivity index (χ2v) is 4.70. The van der Waals surface area contributed by atoms with Gasteiger partial charge in [0.2, 0.25) is 0 Å². The van der Waals surface area contributed by atoms with E-state index in [0.29, 0.717) is 4.47 Å². The van der Waals surface area contributed by atoms with Gasteiger partial charge in [0.1, 0.15) is 0 Å². The Morgan fingerprint density at radius 3 is 2.94 bits per heavy atom. The lowest BCUT2D eigenvalue weighted by atomic mass is 10.1. The van der Waals surface area contributed by atoms with E-state index in [-0.39, 0.29) is 5.56 Å². The third-order valence-corrected chi connectivity index (χ3v) is 3.24. The van der Waals surface area contributed by atoms with E-state index >= 15 is 0 Å². The highest BCUT2D eigenvalue weighted by Gasteiger charge is 2.12. The van der Waals surface area contributed by atoms with Gasteiger partial charge in [-0.3, -0.25) is 0 Å². The van der Waals surface area contributed by atoms with Crippen LogP contribution in [0.3, 0.4) is 0 Å². The molecule has 0 aliphatic carbocycles. The molecule has 0 spiro atoms. The minimum atomic E-state index is -0.960. The molecule has 0 aliphatic rings. The fourth-order valence-electron chi connectivity index (χ4n) is 1.71. The van der Waals surface area contributed by atoms with Gasteiger partial charge >= 0.3 is 5.97 Å². The zero-order valence-electron chi connectivity index (χ0n) is 9.80. The molecule has 0 saturated heterocycles. The van der Waals surface area contributed by atoms with Crippen LogP contribution in [0.25, 0.3) is 11.3 Å². The normalized spacial score (nSPS) is 10.6. The van der Waals surface area contributed by atoms with Crippen molar-refractivity contribution in [3.8, 4) is 11.3 Å². The van der Waals surface area contributed by atoms with Gasteiger partial charge < -0.3 is 5.11 Å². The van der Waals surface area contributed by atoms with Crippen molar-refractivity contribution in [2.75, 3.05) is 0 Å². The van der Waals surface area contributed by atoms with Crippen molar-refractivity contribution in [2.45, 2.75) is 19.9 Å².